The van der Waals surface area contributed by atoms with Gasteiger partial charge in [-0.3, -0.25) is 4.98 Å². The molecule has 1 heterocycles. The fourth-order valence-electron chi connectivity index (χ4n) is 1.57. The summed E-state index contributed by atoms with van der Waals surface area (Å²) in [6.07, 6.45) is 1.79. The Labute approximate surface area is 103 Å². The molecule has 3 nitrogen and oxygen atoms in total. The highest BCUT2D eigenvalue weighted by molar-refractivity contribution is 9.10. The molecule has 0 saturated heterocycles. The molecule has 2 aromatic rings. The van der Waals surface area contributed by atoms with Gasteiger partial charge in [0.25, 0.3) is 0 Å². The Morgan fingerprint density at radius 3 is 3.06 bits per heavy atom. The molecule has 2 rings (SSSR count). The number of aromatic nitrogens is 1. The highest BCUT2D eigenvalue weighted by atomic mass is 79.9. The summed E-state index contributed by atoms with van der Waals surface area (Å²) in [6.45, 7) is 1.49. The van der Waals surface area contributed by atoms with Crippen LogP contribution in [-0.4, -0.2) is 23.2 Å². The predicted octanol–water partition coefficient (Wildman–Crippen LogP) is 2.08. The zero-order chi connectivity index (χ0) is 11.4. The first-order valence-corrected chi connectivity index (χ1v) is 5.95. The van der Waals surface area contributed by atoms with Crippen molar-refractivity contribution in [3.8, 4) is 0 Å². The molecule has 2 N–H and O–H groups in total. The third-order valence-electron chi connectivity index (χ3n) is 2.38. The van der Waals surface area contributed by atoms with Crippen LogP contribution in [0.5, 0.6) is 0 Å². The van der Waals surface area contributed by atoms with Crippen LogP contribution in [0.2, 0.25) is 0 Å². The molecule has 0 aliphatic carbocycles. The molecular formula is C12H13BrN2O. The Hall–Kier alpha value is -0.970. The summed E-state index contributed by atoms with van der Waals surface area (Å²) in [5.41, 5.74) is 2.14. The van der Waals surface area contributed by atoms with Crippen molar-refractivity contribution in [2.75, 3.05) is 13.2 Å². The molecular weight excluding hydrogens is 268 g/mol. The van der Waals surface area contributed by atoms with E-state index >= 15 is 0 Å². The molecule has 0 bridgehead atoms. The smallest absolute Gasteiger partial charge is 0.0705 e. The van der Waals surface area contributed by atoms with E-state index in [-0.39, 0.29) is 6.61 Å². The van der Waals surface area contributed by atoms with Gasteiger partial charge in [-0.25, -0.2) is 0 Å². The second-order valence-corrected chi connectivity index (χ2v) is 4.39. The molecule has 0 radical (unpaired) electrons. The van der Waals surface area contributed by atoms with E-state index < -0.39 is 0 Å². The van der Waals surface area contributed by atoms with E-state index in [9.17, 15) is 0 Å². The minimum Gasteiger partial charge on any atom is -0.395 e. The maximum atomic E-state index is 8.70. The SMILES string of the molecule is OCCNCc1cc2ncccc2cc1Br. The average molecular weight is 281 g/mol. The Morgan fingerprint density at radius 1 is 1.38 bits per heavy atom. The lowest BCUT2D eigenvalue weighted by Gasteiger charge is -2.07. The molecule has 0 unspecified atom stereocenters. The van der Waals surface area contributed by atoms with Gasteiger partial charge in [-0.15, -0.1) is 0 Å². The molecule has 0 aliphatic heterocycles. The van der Waals surface area contributed by atoms with Crippen molar-refractivity contribution < 1.29 is 5.11 Å². The van der Waals surface area contributed by atoms with Crippen molar-refractivity contribution in [2.45, 2.75) is 6.54 Å². The zero-order valence-electron chi connectivity index (χ0n) is 8.78. The molecule has 4 heteroatoms. The number of halogens is 1. The van der Waals surface area contributed by atoms with Crippen LogP contribution in [0.4, 0.5) is 0 Å². The number of hydrogen-bond donors (Lipinski definition) is 2. The van der Waals surface area contributed by atoms with Crippen LogP contribution in [-0.2, 0) is 6.54 Å². The van der Waals surface area contributed by atoms with Gasteiger partial charge in [0.2, 0.25) is 0 Å². The fraction of sp³-hybridized carbons (Fsp3) is 0.250. The Kier molecular flexibility index (Phi) is 3.88. The fourth-order valence-corrected chi connectivity index (χ4v) is 2.07. The van der Waals surface area contributed by atoms with Gasteiger partial charge in [0, 0.05) is 29.1 Å². The lowest BCUT2D eigenvalue weighted by atomic mass is 10.1. The highest BCUT2D eigenvalue weighted by Crippen LogP contribution is 2.22. The van der Waals surface area contributed by atoms with Gasteiger partial charge < -0.3 is 10.4 Å². The number of fused-ring (bicyclic) bond motifs is 1. The number of aliphatic hydroxyl groups excluding tert-OH is 1. The maximum absolute atomic E-state index is 8.70. The van der Waals surface area contributed by atoms with Crippen LogP contribution in [0.3, 0.4) is 0 Å². The van der Waals surface area contributed by atoms with Gasteiger partial charge in [-0.2, -0.15) is 0 Å². The van der Waals surface area contributed by atoms with Crippen LogP contribution in [0.25, 0.3) is 10.9 Å². The quantitative estimate of drug-likeness (QED) is 0.843. The van der Waals surface area contributed by atoms with Gasteiger partial charge in [0.15, 0.2) is 0 Å². The van der Waals surface area contributed by atoms with Crippen LogP contribution < -0.4 is 5.32 Å². The van der Waals surface area contributed by atoms with Gasteiger partial charge in [0.05, 0.1) is 12.1 Å². The first kappa shape index (κ1) is 11.5. The summed E-state index contributed by atoms with van der Waals surface area (Å²) < 4.78 is 1.07. The standard InChI is InChI=1S/C12H13BrN2O/c13-11-6-9-2-1-3-15-12(9)7-10(11)8-14-4-5-16/h1-3,6-7,14,16H,4-5,8H2. The summed E-state index contributed by atoms with van der Waals surface area (Å²) in [5, 5.41) is 13.0. The van der Waals surface area contributed by atoms with E-state index in [0.29, 0.717) is 6.54 Å². The Bertz CT molecular complexity index is 487. The molecule has 0 spiro atoms. The van der Waals surface area contributed by atoms with E-state index in [4.69, 9.17) is 5.11 Å². The lowest BCUT2D eigenvalue weighted by molar-refractivity contribution is 0.292. The maximum Gasteiger partial charge on any atom is 0.0705 e. The monoisotopic (exact) mass is 280 g/mol. The molecule has 0 saturated carbocycles. The molecule has 0 amide bonds. The third kappa shape index (κ3) is 2.58. The molecule has 1 aromatic heterocycles. The Balaban J connectivity index is 2.27. The van der Waals surface area contributed by atoms with Crippen LogP contribution in [0.1, 0.15) is 5.56 Å². The van der Waals surface area contributed by atoms with Gasteiger partial charge in [-0.1, -0.05) is 22.0 Å². The zero-order valence-corrected chi connectivity index (χ0v) is 10.4. The predicted molar refractivity (Wildman–Crippen MR) is 68.2 cm³/mol. The van der Waals surface area contributed by atoms with Crippen molar-refractivity contribution in [2.24, 2.45) is 0 Å². The minimum absolute atomic E-state index is 0.156. The Morgan fingerprint density at radius 2 is 2.25 bits per heavy atom. The van der Waals surface area contributed by atoms with E-state index in [1.807, 2.05) is 12.1 Å². The van der Waals surface area contributed by atoms with Crippen LogP contribution in [0.15, 0.2) is 34.9 Å². The first-order chi connectivity index (χ1) is 7.81. The summed E-state index contributed by atoms with van der Waals surface area (Å²) in [4.78, 5) is 4.31. The third-order valence-corrected chi connectivity index (χ3v) is 3.11. The number of rotatable bonds is 4. The molecule has 0 aliphatic rings. The first-order valence-electron chi connectivity index (χ1n) is 5.16. The molecule has 0 atom stereocenters. The normalized spacial score (nSPS) is 10.9. The summed E-state index contributed by atoms with van der Waals surface area (Å²) >= 11 is 3.54. The van der Waals surface area contributed by atoms with Crippen molar-refractivity contribution in [1.29, 1.82) is 0 Å². The molecule has 0 fully saturated rings. The average Bonchev–Trinajstić information content (AvgIpc) is 2.30. The summed E-state index contributed by atoms with van der Waals surface area (Å²) in [5.74, 6) is 0. The number of hydrogen-bond acceptors (Lipinski definition) is 3. The van der Waals surface area contributed by atoms with Crippen molar-refractivity contribution in [1.82, 2.24) is 10.3 Å². The van der Waals surface area contributed by atoms with Crippen molar-refractivity contribution >= 4 is 26.8 Å². The molecule has 16 heavy (non-hydrogen) atoms. The van der Waals surface area contributed by atoms with E-state index in [2.05, 4.69) is 38.4 Å². The van der Waals surface area contributed by atoms with Crippen molar-refractivity contribution in [3.63, 3.8) is 0 Å². The molecule has 84 valence electrons. The number of nitrogens with one attached hydrogen (secondary N) is 1. The number of benzene rings is 1. The van der Waals surface area contributed by atoms with E-state index in [1.54, 1.807) is 6.20 Å². The van der Waals surface area contributed by atoms with Gasteiger partial charge in [-0.05, 0) is 23.8 Å². The second-order valence-electron chi connectivity index (χ2n) is 3.54. The van der Waals surface area contributed by atoms with Crippen LogP contribution >= 0.6 is 15.9 Å². The van der Waals surface area contributed by atoms with Gasteiger partial charge >= 0.3 is 0 Å². The van der Waals surface area contributed by atoms with Gasteiger partial charge in [0.1, 0.15) is 0 Å². The highest BCUT2D eigenvalue weighted by Gasteiger charge is 2.02. The van der Waals surface area contributed by atoms with E-state index in [0.717, 1.165) is 27.5 Å². The minimum atomic E-state index is 0.156. The number of nitrogens with zero attached hydrogens (tertiary/aromatic N) is 1. The number of aliphatic hydroxyl groups is 1. The largest absolute Gasteiger partial charge is 0.395 e. The van der Waals surface area contributed by atoms with E-state index in [1.165, 1.54) is 0 Å². The second kappa shape index (κ2) is 5.39. The summed E-state index contributed by atoms with van der Waals surface area (Å²) in [6, 6.07) is 8.10. The van der Waals surface area contributed by atoms with Crippen LogP contribution in [0, 0.1) is 0 Å². The molecule has 1 aromatic carbocycles. The summed E-state index contributed by atoms with van der Waals surface area (Å²) in [7, 11) is 0. The number of pyridine rings is 1. The lowest BCUT2D eigenvalue weighted by Crippen LogP contribution is -2.17. The van der Waals surface area contributed by atoms with Crippen molar-refractivity contribution in [3.05, 3.63) is 40.5 Å². The topological polar surface area (TPSA) is 45.1 Å².